The monoisotopic (exact) mass is 412 g/mol. The van der Waals surface area contributed by atoms with Crippen LogP contribution in [0, 0.1) is 11.8 Å². The molecule has 5 heteroatoms. The predicted octanol–water partition coefficient (Wildman–Crippen LogP) is 5.38. The number of rotatable bonds is 15. The minimum Gasteiger partial charge on any atom is -0.466 e. The van der Waals surface area contributed by atoms with Gasteiger partial charge in [0.15, 0.2) is 5.79 Å². The fraction of sp³-hybridized carbons (Fsp3) is 0.958. The lowest BCUT2D eigenvalue weighted by molar-refractivity contribution is -0.189. The summed E-state index contributed by atoms with van der Waals surface area (Å²) in [5, 5.41) is 10.4. The van der Waals surface area contributed by atoms with Gasteiger partial charge in [-0.05, 0) is 51.4 Å². The summed E-state index contributed by atoms with van der Waals surface area (Å²) in [7, 11) is 0. The number of carbonyl (C=O) groups excluding carboxylic acids is 1. The molecule has 2 aliphatic rings. The van der Waals surface area contributed by atoms with Gasteiger partial charge in [0.2, 0.25) is 0 Å². The summed E-state index contributed by atoms with van der Waals surface area (Å²) in [6.45, 7) is 5.93. The highest BCUT2D eigenvalue weighted by atomic mass is 16.7. The third-order valence-electron chi connectivity index (χ3n) is 6.74. The molecule has 3 unspecified atom stereocenters. The third kappa shape index (κ3) is 8.18. The number of unbranched alkanes of at least 4 members (excludes halogenated alkanes) is 5. The average Bonchev–Trinajstić information content (AvgIpc) is 3.31. The van der Waals surface area contributed by atoms with Crippen LogP contribution in [-0.2, 0) is 19.0 Å². The minimum absolute atomic E-state index is 0.0710. The summed E-state index contributed by atoms with van der Waals surface area (Å²) in [5.41, 5.74) is 0. The van der Waals surface area contributed by atoms with E-state index in [1.807, 2.05) is 6.92 Å². The normalized spacial score (nSPS) is 24.2. The van der Waals surface area contributed by atoms with E-state index in [0.717, 1.165) is 51.4 Å². The second kappa shape index (κ2) is 13.6. The molecule has 1 saturated heterocycles. The van der Waals surface area contributed by atoms with Crippen LogP contribution in [0.1, 0.15) is 104 Å². The standard InChI is InChI=1S/C24H44O5/c1-3-5-8-12-21(25)14-15-22-20(16-17-24(22)28-18-19-29-24)11-9-6-7-10-13-23(26)27-4-2/h20-22,25H,3-19H2,1-2H3. The van der Waals surface area contributed by atoms with Gasteiger partial charge in [0.1, 0.15) is 0 Å². The second-order valence-electron chi connectivity index (χ2n) is 8.90. The van der Waals surface area contributed by atoms with E-state index in [9.17, 15) is 9.90 Å². The summed E-state index contributed by atoms with van der Waals surface area (Å²) in [6, 6.07) is 0. The van der Waals surface area contributed by atoms with Crippen molar-refractivity contribution in [3.8, 4) is 0 Å². The molecule has 1 saturated carbocycles. The Morgan fingerprint density at radius 2 is 1.79 bits per heavy atom. The van der Waals surface area contributed by atoms with E-state index in [2.05, 4.69) is 6.92 Å². The van der Waals surface area contributed by atoms with Crippen LogP contribution in [0.3, 0.4) is 0 Å². The van der Waals surface area contributed by atoms with Crippen molar-refractivity contribution >= 4 is 5.97 Å². The van der Waals surface area contributed by atoms with Crippen LogP contribution in [0.4, 0.5) is 0 Å². The fourth-order valence-corrected chi connectivity index (χ4v) is 5.17. The first-order chi connectivity index (χ1) is 14.1. The zero-order valence-corrected chi connectivity index (χ0v) is 18.8. The van der Waals surface area contributed by atoms with Gasteiger partial charge >= 0.3 is 5.97 Å². The Kier molecular flexibility index (Phi) is 11.6. The van der Waals surface area contributed by atoms with Crippen molar-refractivity contribution in [2.45, 2.75) is 116 Å². The maximum atomic E-state index is 11.4. The van der Waals surface area contributed by atoms with Crippen LogP contribution in [0.2, 0.25) is 0 Å². The number of aliphatic hydroxyl groups excluding tert-OH is 1. The molecule has 1 N–H and O–H groups in total. The van der Waals surface area contributed by atoms with Gasteiger partial charge in [-0.3, -0.25) is 4.79 Å². The van der Waals surface area contributed by atoms with E-state index in [-0.39, 0.29) is 17.9 Å². The molecule has 0 amide bonds. The lowest BCUT2D eigenvalue weighted by Crippen LogP contribution is -2.37. The van der Waals surface area contributed by atoms with E-state index in [1.54, 1.807) is 0 Å². The lowest BCUT2D eigenvalue weighted by atomic mass is 9.84. The van der Waals surface area contributed by atoms with Gasteiger partial charge in [-0.1, -0.05) is 45.4 Å². The number of ether oxygens (including phenoxy) is 3. The van der Waals surface area contributed by atoms with Crippen molar-refractivity contribution in [1.82, 2.24) is 0 Å². The lowest BCUT2D eigenvalue weighted by Gasteiger charge is -2.33. The van der Waals surface area contributed by atoms with Gasteiger partial charge in [0, 0.05) is 18.8 Å². The number of aliphatic hydroxyl groups is 1. The molecule has 0 radical (unpaired) electrons. The van der Waals surface area contributed by atoms with E-state index >= 15 is 0 Å². The van der Waals surface area contributed by atoms with Crippen LogP contribution in [0.25, 0.3) is 0 Å². The number of carbonyl (C=O) groups is 1. The van der Waals surface area contributed by atoms with Crippen molar-refractivity contribution < 1.29 is 24.1 Å². The summed E-state index contributed by atoms with van der Waals surface area (Å²) in [6.07, 6.45) is 14.4. The SMILES string of the molecule is CCCCCC(O)CCC1C(CCCCCCC(=O)OCC)CCC12OCCO2. The van der Waals surface area contributed by atoms with Crippen molar-refractivity contribution in [1.29, 1.82) is 0 Å². The molecule has 0 aromatic rings. The first-order valence-electron chi connectivity index (χ1n) is 12.2. The molecule has 1 spiro atoms. The molecule has 0 aromatic carbocycles. The average molecular weight is 413 g/mol. The van der Waals surface area contributed by atoms with Crippen LogP contribution in [-0.4, -0.2) is 42.8 Å². The highest BCUT2D eigenvalue weighted by Gasteiger charge is 2.51. The molecule has 170 valence electrons. The molecule has 0 aromatic heterocycles. The summed E-state index contributed by atoms with van der Waals surface area (Å²) in [5.74, 6) is 0.585. The van der Waals surface area contributed by atoms with Crippen molar-refractivity contribution in [3.63, 3.8) is 0 Å². The second-order valence-corrected chi connectivity index (χ2v) is 8.90. The predicted molar refractivity (Wildman–Crippen MR) is 115 cm³/mol. The maximum Gasteiger partial charge on any atom is 0.305 e. The van der Waals surface area contributed by atoms with E-state index < -0.39 is 0 Å². The summed E-state index contributed by atoms with van der Waals surface area (Å²) < 4.78 is 17.2. The highest BCUT2D eigenvalue weighted by molar-refractivity contribution is 5.69. The molecule has 2 fully saturated rings. The Morgan fingerprint density at radius 1 is 1.03 bits per heavy atom. The van der Waals surface area contributed by atoms with Crippen LogP contribution < -0.4 is 0 Å². The Morgan fingerprint density at radius 3 is 2.52 bits per heavy atom. The van der Waals surface area contributed by atoms with E-state index in [0.29, 0.717) is 38.1 Å². The molecule has 5 nitrogen and oxygen atoms in total. The van der Waals surface area contributed by atoms with Crippen molar-refractivity contribution in [3.05, 3.63) is 0 Å². The third-order valence-corrected chi connectivity index (χ3v) is 6.74. The minimum atomic E-state index is -0.377. The first-order valence-corrected chi connectivity index (χ1v) is 12.2. The molecule has 2 rings (SSSR count). The zero-order valence-electron chi connectivity index (χ0n) is 18.8. The molecule has 1 aliphatic carbocycles. The van der Waals surface area contributed by atoms with Gasteiger partial charge in [-0.2, -0.15) is 0 Å². The van der Waals surface area contributed by atoms with Crippen molar-refractivity contribution in [2.24, 2.45) is 11.8 Å². The van der Waals surface area contributed by atoms with Crippen molar-refractivity contribution in [2.75, 3.05) is 19.8 Å². The molecule has 0 bridgehead atoms. The van der Waals surface area contributed by atoms with Gasteiger partial charge in [0.25, 0.3) is 0 Å². The summed E-state index contributed by atoms with van der Waals surface area (Å²) in [4.78, 5) is 11.4. The molecule has 1 heterocycles. The van der Waals surface area contributed by atoms with E-state index in [4.69, 9.17) is 14.2 Å². The zero-order chi connectivity index (χ0) is 21.0. The topological polar surface area (TPSA) is 65.0 Å². The molecule has 29 heavy (non-hydrogen) atoms. The van der Waals surface area contributed by atoms with Crippen LogP contribution >= 0.6 is 0 Å². The quantitative estimate of drug-likeness (QED) is 0.289. The largest absolute Gasteiger partial charge is 0.466 e. The summed E-state index contributed by atoms with van der Waals surface area (Å²) >= 11 is 0. The number of hydrogen-bond donors (Lipinski definition) is 1. The van der Waals surface area contributed by atoms with Gasteiger partial charge < -0.3 is 19.3 Å². The Bertz CT molecular complexity index is 447. The smallest absolute Gasteiger partial charge is 0.305 e. The highest BCUT2D eigenvalue weighted by Crippen LogP contribution is 2.50. The first kappa shape index (κ1) is 24.6. The van der Waals surface area contributed by atoms with Gasteiger partial charge in [-0.15, -0.1) is 0 Å². The Labute approximate surface area is 177 Å². The van der Waals surface area contributed by atoms with Gasteiger partial charge in [-0.25, -0.2) is 0 Å². The van der Waals surface area contributed by atoms with Gasteiger partial charge in [0.05, 0.1) is 25.9 Å². The fourth-order valence-electron chi connectivity index (χ4n) is 5.17. The number of esters is 1. The Hall–Kier alpha value is -0.650. The molecule has 1 aliphatic heterocycles. The maximum absolute atomic E-state index is 11.4. The molecular formula is C24H44O5. The molecular weight excluding hydrogens is 368 g/mol. The van der Waals surface area contributed by atoms with Crippen LogP contribution in [0.15, 0.2) is 0 Å². The van der Waals surface area contributed by atoms with E-state index in [1.165, 1.54) is 32.1 Å². The Balaban J connectivity index is 1.72. The van der Waals surface area contributed by atoms with Crippen LogP contribution in [0.5, 0.6) is 0 Å². The number of hydrogen-bond acceptors (Lipinski definition) is 5. The molecule has 3 atom stereocenters.